The van der Waals surface area contributed by atoms with Crippen molar-refractivity contribution in [1.82, 2.24) is 0 Å². The van der Waals surface area contributed by atoms with Crippen LogP contribution in [-0.2, 0) is 14.3 Å². The van der Waals surface area contributed by atoms with Gasteiger partial charge in [-0.1, -0.05) is 23.7 Å². The van der Waals surface area contributed by atoms with Crippen molar-refractivity contribution >= 4 is 23.5 Å². The van der Waals surface area contributed by atoms with E-state index in [1.54, 1.807) is 24.3 Å². The molecule has 0 aliphatic carbocycles. The molecule has 4 nitrogen and oxygen atoms in total. The molecule has 5 heteroatoms. The van der Waals surface area contributed by atoms with Crippen molar-refractivity contribution in [3.63, 3.8) is 0 Å². The van der Waals surface area contributed by atoms with Gasteiger partial charge in [0.2, 0.25) is 0 Å². The summed E-state index contributed by atoms with van der Waals surface area (Å²) in [4.78, 5) is 22.5. The molecule has 1 unspecified atom stereocenters. The molecule has 1 atom stereocenters. The molecule has 1 fully saturated rings. The van der Waals surface area contributed by atoms with Gasteiger partial charge in [-0.25, -0.2) is 4.79 Å². The highest BCUT2D eigenvalue weighted by Crippen LogP contribution is 2.18. The third-order valence-corrected chi connectivity index (χ3v) is 2.52. The molecule has 1 aromatic rings. The normalized spacial score (nSPS) is 19.3. The number of cyclic esters (lactones) is 1. The van der Waals surface area contributed by atoms with Crippen LogP contribution < -0.4 is 0 Å². The highest BCUT2D eigenvalue weighted by atomic mass is 35.5. The first-order chi connectivity index (χ1) is 7.66. The lowest BCUT2D eigenvalue weighted by Crippen LogP contribution is -2.18. The molecule has 1 aromatic carbocycles. The molecular weight excluding hydrogens is 232 g/mol. The summed E-state index contributed by atoms with van der Waals surface area (Å²) in [6.45, 7) is 0.120. The molecule has 0 N–H and O–H groups in total. The SMILES string of the molecule is O=C1CC(OC(=O)c2ccccc2Cl)CO1. The van der Waals surface area contributed by atoms with E-state index in [2.05, 4.69) is 4.74 Å². The van der Waals surface area contributed by atoms with E-state index in [4.69, 9.17) is 16.3 Å². The zero-order chi connectivity index (χ0) is 11.5. The smallest absolute Gasteiger partial charge is 0.340 e. The Labute approximate surface area is 97.1 Å². The van der Waals surface area contributed by atoms with Gasteiger partial charge in [-0.3, -0.25) is 4.79 Å². The number of esters is 2. The Kier molecular flexibility index (Phi) is 3.10. The lowest BCUT2D eigenvalue weighted by Gasteiger charge is -2.09. The molecule has 84 valence electrons. The molecule has 0 amide bonds. The lowest BCUT2D eigenvalue weighted by atomic mass is 10.2. The number of benzene rings is 1. The first-order valence-electron chi connectivity index (χ1n) is 4.78. The molecule has 0 aromatic heterocycles. The van der Waals surface area contributed by atoms with Gasteiger partial charge in [-0.15, -0.1) is 0 Å². The Hall–Kier alpha value is -1.55. The van der Waals surface area contributed by atoms with Gasteiger partial charge in [-0.2, -0.15) is 0 Å². The van der Waals surface area contributed by atoms with E-state index in [0.717, 1.165) is 0 Å². The van der Waals surface area contributed by atoms with Crippen LogP contribution in [-0.4, -0.2) is 24.6 Å². The van der Waals surface area contributed by atoms with Crippen molar-refractivity contribution in [2.45, 2.75) is 12.5 Å². The van der Waals surface area contributed by atoms with Gasteiger partial charge >= 0.3 is 11.9 Å². The Morgan fingerprint density at radius 3 is 2.81 bits per heavy atom. The molecule has 2 rings (SSSR count). The highest BCUT2D eigenvalue weighted by molar-refractivity contribution is 6.33. The van der Waals surface area contributed by atoms with Gasteiger partial charge in [0, 0.05) is 0 Å². The van der Waals surface area contributed by atoms with Crippen LogP contribution in [0.3, 0.4) is 0 Å². The molecule has 1 aliphatic rings. The van der Waals surface area contributed by atoms with Gasteiger partial charge < -0.3 is 9.47 Å². The van der Waals surface area contributed by atoms with Crippen molar-refractivity contribution in [3.8, 4) is 0 Å². The summed E-state index contributed by atoms with van der Waals surface area (Å²) in [5.74, 6) is -0.883. The first-order valence-corrected chi connectivity index (χ1v) is 5.16. The fourth-order valence-corrected chi connectivity index (χ4v) is 1.62. The van der Waals surface area contributed by atoms with Gasteiger partial charge in [0.05, 0.1) is 17.0 Å². The summed E-state index contributed by atoms with van der Waals surface area (Å²) < 4.78 is 9.76. The minimum absolute atomic E-state index is 0.107. The van der Waals surface area contributed by atoms with Crippen molar-refractivity contribution < 1.29 is 19.1 Å². The van der Waals surface area contributed by atoms with Gasteiger partial charge in [0.15, 0.2) is 0 Å². The summed E-state index contributed by atoms with van der Waals surface area (Å²) in [7, 11) is 0. The second kappa shape index (κ2) is 4.53. The van der Waals surface area contributed by atoms with Crippen LogP contribution in [0.25, 0.3) is 0 Å². The topological polar surface area (TPSA) is 52.6 Å². The molecule has 0 bridgehead atoms. The number of rotatable bonds is 2. The molecule has 1 saturated heterocycles. The van der Waals surface area contributed by atoms with Gasteiger partial charge in [0.25, 0.3) is 0 Å². The van der Waals surface area contributed by atoms with E-state index >= 15 is 0 Å². The van der Waals surface area contributed by atoms with Crippen molar-refractivity contribution in [3.05, 3.63) is 34.9 Å². The van der Waals surface area contributed by atoms with Crippen molar-refractivity contribution in [1.29, 1.82) is 0 Å². The number of hydrogen-bond donors (Lipinski definition) is 0. The van der Waals surface area contributed by atoms with Crippen LogP contribution in [0.2, 0.25) is 5.02 Å². The number of carbonyl (C=O) groups excluding carboxylic acids is 2. The van der Waals surface area contributed by atoms with Crippen molar-refractivity contribution in [2.75, 3.05) is 6.61 Å². The summed E-state index contributed by atoms with van der Waals surface area (Å²) >= 11 is 5.83. The highest BCUT2D eigenvalue weighted by Gasteiger charge is 2.27. The maximum Gasteiger partial charge on any atom is 0.340 e. The van der Waals surface area contributed by atoms with E-state index in [9.17, 15) is 9.59 Å². The predicted molar refractivity (Wildman–Crippen MR) is 56.2 cm³/mol. The first kappa shape index (κ1) is 11.0. The fraction of sp³-hybridized carbons (Fsp3) is 0.273. The summed E-state index contributed by atoms with van der Waals surface area (Å²) in [5.41, 5.74) is 0.295. The van der Waals surface area contributed by atoms with E-state index in [-0.39, 0.29) is 19.0 Å². The monoisotopic (exact) mass is 240 g/mol. The average Bonchev–Trinajstić information content (AvgIpc) is 2.64. The number of ether oxygens (including phenoxy) is 2. The Bertz CT molecular complexity index is 430. The van der Waals surface area contributed by atoms with E-state index in [1.165, 1.54) is 0 Å². The fourth-order valence-electron chi connectivity index (χ4n) is 1.41. The minimum Gasteiger partial charge on any atom is -0.462 e. The van der Waals surface area contributed by atoms with Crippen LogP contribution >= 0.6 is 11.6 Å². The second-order valence-corrected chi connectivity index (χ2v) is 3.80. The molecular formula is C11H9ClO4. The molecule has 0 saturated carbocycles. The van der Waals surface area contributed by atoms with E-state index in [0.29, 0.717) is 10.6 Å². The number of halogens is 1. The van der Waals surface area contributed by atoms with Crippen LogP contribution in [0.5, 0.6) is 0 Å². The third-order valence-electron chi connectivity index (χ3n) is 2.19. The Morgan fingerprint density at radius 2 is 2.19 bits per heavy atom. The van der Waals surface area contributed by atoms with E-state index in [1.807, 2.05) is 0 Å². The Morgan fingerprint density at radius 1 is 1.44 bits per heavy atom. The van der Waals surface area contributed by atoms with Gasteiger partial charge in [-0.05, 0) is 12.1 Å². The molecule has 0 spiro atoms. The molecule has 16 heavy (non-hydrogen) atoms. The number of carbonyl (C=O) groups is 2. The standard InChI is InChI=1S/C11H9ClO4/c12-9-4-2-1-3-8(9)11(14)16-7-5-10(13)15-6-7/h1-4,7H,5-6H2. The predicted octanol–water partition coefficient (Wildman–Crippen LogP) is 1.81. The quantitative estimate of drug-likeness (QED) is 0.740. The summed E-state index contributed by atoms with van der Waals surface area (Å²) in [5, 5.41) is 0.331. The maximum absolute atomic E-state index is 11.7. The second-order valence-electron chi connectivity index (χ2n) is 3.39. The van der Waals surface area contributed by atoms with E-state index < -0.39 is 12.1 Å². The largest absolute Gasteiger partial charge is 0.462 e. The summed E-state index contributed by atoms with van der Waals surface area (Å²) in [6, 6.07) is 6.59. The molecule has 0 radical (unpaired) electrons. The Balaban J connectivity index is 2.03. The molecule has 1 heterocycles. The minimum atomic E-state index is -0.533. The zero-order valence-corrected chi connectivity index (χ0v) is 9.07. The number of hydrogen-bond acceptors (Lipinski definition) is 4. The summed E-state index contributed by atoms with van der Waals surface area (Å²) in [6.07, 6.45) is -0.396. The lowest BCUT2D eigenvalue weighted by molar-refractivity contribution is -0.137. The third kappa shape index (κ3) is 2.33. The van der Waals surface area contributed by atoms with Crippen LogP contribution in [0.15, 0.2) is 24.3 Å². The van der Waals surface area contributed by atoms with Crippen LogP contribution in [0.1, 0.15) is 16.8 Å². The maximum atomic E-state index is 11.7. The zero-order valence-electron chi connectivity index (χ0n) is 8.31. The van der Waals surface area contributed by atoms with Crippen molar-refractivity contribution in [2.24, 2.45) is 0 Å². The van der Waals surface area contributed by atoms with Gasteiger partial charge in [0.1, 0.15) is 12.7 Å². The average molecular weight is 241 g/mol. The van der Waals surface area contributed by atoms with Crippen LogP contribution in [0.4, 0.5) is 0 Å². The molecule has 1 aliphatic heterocycles. The van der Waals surface area contributed by atoms with Crippen LogP contribution in [0, 0.1) is 0 Å².